The highest BCUT2D eigenvalue weighted by Gasteiger charge is 2.10. The van der Waals surface area contributed by atoms with Gasteiger partial charge in [-0.3, -0.25) is 0 Å². The molecular formula is C13H22N2. The summed E-state index contributed by atoms with van der Waals surface area (Å²) in [5.41, 5.74) is 0. The number of rotatable bonds is 2. The summed E-state index contributed by atoms with van der Waals surface area (Å²) in [4.78, 5) is 2.45. The molecule has 1 atom stereocenters. The van der Waals surface area contributed by atoms with Gasteiger partial charge in [-0.05, 0) is 38.1 Å². The lowest BCUT2D eigenvalue weighted by atomic mass is 10.0. The molecule has 2 heteroatoms. The molecule has 0 saturated carbocycles. The van der Waals surface area contributed by atoms with E-state index >= 15 is 0 Å². The van der Waals surface area contributed by atoms with Crippen LogP contribution in [0.5, 0.6) is 0 Å². The summed E-state index contributed by atoms with van der Waals surface area (Å²) in [6.45, 7) is 5.57. The molecule has 0 aromatic heterocycles. The van der Waals surface area contributed by atoms with Crippen LogP contribution in [0.2, 0.25) is 0 Å². The van der Waals surface area contributed by atoms with Crippen LogP contribution in [0.15, 0.2) is 12.2 Å². The molecule has 15 heavy (non-hydrogen) atoms. The minimum Gasteiger partial charge on any atom is -0.302 e. The second-order valence-corrected chi connectivity index (χ2v) is 4.50. The molecule has 0 spiro atoms. The molecule has 0 bridgehead atoms. The first-order valence-electron chi connectivity index (χ1n) is 6.07. The molecule has 0 unspecified atom stereocenters. The van der Waals surface area contributed by atoms with E-state index in [1.807, 2.05) is 0 Å². The molecule has 0 aliphatic carbocycles. The summed E-state index contributed by atoms with van der Waals surface area (Å²) >= 11 is 0. The second-order valence-electron chi connectivity index (χ2n) is 4.50. The van der Waals surface area contributed by atoms with Gasteiger partial charge in [0.1, 0.15) is 0 Å². The molecule has 1 aliphatic rings. The SMILES string of the molecule is C[C@H]1CC/C=C\CCCN(CCC#N)C1. The van der Waals surface area contributed by atoms with Gasteiger partial charge in [-0.15, -0.1) is 0 Å². The van der Waals surface area contributed by atoms with Crippen molar-refractivity contribution in [2.75, 3.05) is 19.6 Å². The predicted octanol–water partition coefficient (Wildman–Crippen LogP) is 2.97. The van der Waals surface area contributed by atoms with E-state index in [0.29, 0.717) is 6.42 Å². The summed E-state index contributed by atoms with van der Waals surface area (Å²) < 4.78 is 0. The number of hydrogen-bond donors (Lipinski definition) is 0. The largest absolute Gasteiger partial charge is 0.302 e. The fraction of sp³-hybridized carbons (Fsp3) is 0.769. The Kier molecular flexibility index (Phi) is 6.11. The molecule has 0 aromatic rings. The van der Waals surface area contributed by atoms with Crippen molar-refractivity contribution in [3.63, 3.8) is 0 Å². The second kappa shape index (κ2) is 7.48. The Morgan fingerprint density at radius 3 is 3.00 bits per heavy atom. The Morgan fingerprint density at radius 1 is 1.40 bits per heavy atom. The van der Waals surface area contributed by atoms with Gasteiger partial charge < -0.3 is 4.90 Å². The van der Waals surface area contributed by atoms with E-state index in [0.717, 1.165) is 25.6 Å². The maximum atomic E-state index is 8.60. The number of hydrogen-bond acceptors (Lipinski definition) is 2. The standard InChI is InChI=1S/C13H22N2/c1-13-8-5-3-2-4-6-10-15(12-13)11-7-9-14/h2-3,13H,4-8,10-12H2,1H3/b3-2-/t13-/m0/s1. The summed E-state index contributed by atoms with van der Waals surface area (Å²) in [5, 5.41) is 8.60. The topological polar surface area (TPSA) is 27.0 Å². The highest BCUT2D eigenvalue weighted by atomic mass is 15.1. The van der Waals surface area contributed by atoms with E-state index in [4.69, 9.17) is 5.26 Å². The van der Waals surface area contributed by atoms with Crippen LogP contribution in [0.3, 0.4) is 0 Å². The van der Waals surface area contributed by atoms with Gasteiger partial charge in [-0.2, -0.15) is 5.26 Å². The van der Waals surface area contributed by atoms with Crippen LogP contribution in [0.25, 0.3) is 0 Å². The lowest BCUT2D eigenvalue weighted by Crippen LogP contribution is -2.30. The van der Waals surface area contributed by atoms with Gasteiger partial charge >= 0.3 is 0 Å². The summed E-state index contributed by atoms with van der Waals surface area (Å²) in [7, 11) is 0. The summed E-state index contributed by atoms with van der Waals surface area (Å²) in [5.74, 6) is 0.756. The molecule has 0 amide bonds. The first kappa shape index (κ1) is 12.3. The first-order valence-corrected chi connectivity index (χ1v) is 6.07. The maximum absolute atomic E-state index is 8.60. The number of nitriles is 1. The molecule has 0 N–H and O–H groups in total. The third-order valence-corrected chi connectivity index (χ3v) is 2.95. The minimum absolute atomic E-state index is 0.669. The van der Waals surface area contributed by atoms with Gasteiger partial charge in [0.05, 0.1) is 6.07 Å². The van der Waals surface area contributed by atoms with E-state index in [1.165, 1.54) is 25.7 Å². The Morgan fingerprint density at radius 2 is 2.20 bits per heavy atom. The quantitative estimate of drug-likeness (QED) is 0.649. The molecule has 0 fully saturated rings. The zero-order chi connectivity index (χ0) is 10.9. The van der Waals surface area contributed by atoms with Gasteiger partial charge in [-0.25, -0.2) is 0 Å². The van der Waals surface area contributed by atoms with Gasteiger partial charge in [0, 0.05) is 19.5 Å². The van der Waals surface area contributed by atoms with E-state index in [1.54, 1.807) is 0 Å². The fourth-order valence-corrected chi connectivity index (χ4v) is 2.08. The molecule has 1 rings (SSSR count). The van der Waals surface area contributed by atoms with E-state index in [2.05, 4.69) is 30.0 Å². The lowest BCUT2D eigenvalue weighted by molar-refractivity contribution is 0.234. The van der Waals surface area contributed by atoms with Crippen molar-refractivity contribution < 1.29 is 0 Å². The van der Waals surface area contributed by atoms with Crippen LogP contribution >= 0.6 is 0 Å². The van der Waals surface area contributed by atoms with Crippen molar-refractivity contribution in [1.82, 2.24) is 4.90 Å². The van der Waals surface area contributed by atoms with Gasteiger partial charge in [0.25, 0.3) is 0 Å². The van der Waals surface area contributed by atoms with Crippen molar-refractivity contribution in [3.8, 4) is 6.07 Å². The van der Waals surface area contributed by atoms with Crippen molar-refractivity contribution in [1.29, 1.82) is 5.26 Å². The molecule has 0 radical (unpaired) electrons. The molecule has 1 aliphatic heterocycles. The molecule has 0 saturated heterocycles. The predicted molar refractivity (Wildman–Crippen MR) is 63.4 cm³/mol. The van der Waals surface area contributed by atoms with Gasteiger partial charge in [0.2, 0.25) is 0 Å². The highest BCUT2D eigenvalue weighted by molar-refractivity contribution is 4.84. The fourth-order valence-electron chi connectivity index (χ4n) is 2.08. The van der Waals surface area contributed by atoms with Gasteiger partial charge in [-0.1, -0.05) is 19.1 Å². The van der Waals surface area contributed by atoms with Crippen LogP contribution < -0.4 is 0 Å². The minimum atomic E-state index is 0.669. The third-order valence-electron chi connectivity index (χ3n) is 2.95. The zero-order valence-electron chi connectivity index (χ0n) is 9.78. The Bertz CT molecular complexity index is 227. The van der Waals surface area contributed by atoms with Crippen LogP contribution in [0, 0.1) is 17.2 Å². The van der Waals surface area contributed by atoms with Crippen molar-refractivity contribution >= 4 is 0 Å². The van der Waals surface area contributed by atoms with E-state index < -0.39 is 0 Å². The maximum Gasteiger partial charge on any atom is 0.0635 e. The third kappa shape index (κ3) is 5.59. The smallest absolute Gasteiger partial charge is 0.0635 e. The number of allylic oxidation sites excluding steroid dienone is 2. The zero-order valence-corrected chi connectivity index (χ0v) is 9.78. The van der Waals surface area contributed by atoms with Crippen LogP contribution in [-0.2, 0) is 0 Å². The van der Waals surface area contributed by atoms with Crippen molar-refractivity contribution in [3.05, 3.63) is 12.2 Å². The molecule has 2 nitrogen and oxygen atoms in total. The van der Waals surface area contributed by atoms with Crippen LogP contribution in [-0.4, -0.2) is 24.5 Å². The van der Waals surface area contributed by atoms with E-state index in [-0.39, 0.29) is 0 Å². The molecule has 0 aromatic carbocycles. The molecule has 1 heterocycles. The lowest BCUT2D eigenvalue weighted by Gasteiger charge is -2.25. The van der Waals surface area contributed by atoms with Crippen LogP contribution in [0.4, 0.5) is 0 Å². The highest BCUT2D eigenvalue weighted by Crippen LogP contribution is 2.12. The Balaban J connectivity index is 2.39. The van der Waals surface area contributed by atoms with E-state index in [9.17, 15) is 0 Å². The number of nitrogens with zero attached hydrogens (tertiary/aromatic N) is 2. The average Bonchev–Trinajstić information content (AvgIpc) is 2.24. The van der Waals surface area contributed by atoms with Gasteiger partial charge in [0.15, 0.2) is 0 Å². The first-order chi connectivity index (χ1) is 7.33. The normalized spacial score (nSPS) is 26.8. The Labute approximate surface area is 93.6 Å². The molecular weight excluding hydrogens is 184 g/mol. The summed E-state index contributed by atoms with van der Waals surface area (Å²) in [6, 6.07) is 2.24. The average molecular weight is 206 g/mol. The van der Waals surface area contributed by atoms with Crippen molar-refractivity contribution in [2.24, 2.45) is 5.92 Å². The molecule has 84 valence electrons. The Hall–Kier alpha value is -0.810. The van der Waals surface area contributed by atoms with Crippen molar-refractivity contribution in [2.45, 2.75) is 39.0 Å². The summed E-state index contributed by atoms with van der Waals surface area (Å²) in [6.07, 6.45) is 10.2. The van der Waals surface area contributed by atoms with Crippen LogP contribution in [0.1, 0.15) is 39.0 Å². The monoisotopic (exact) mass is 206 g/mol.